The Morgan fingerprint density at radius 2 is 2.14 bits per heavy atom. The van der Waals surface area contributed by atoms with Crippen LogP contribution < -0.4 is 5.32 Å². The van der Waals surface area contributed by atoms with E-state index in [0.717, 1.165) is 4.47 Å². The molecule has 1 aromatic carbocycles. The molecule has 1 aromatic heterocycles. The van der Waals surface area contributed by atoms with Crippen LogP contribution >= 0.6 is 15.9 Å². The minimum atomic E-state index is -4.96. The SMILES string of the molecule is CC(NC(=O)C(F)(F)F)c1nnnn1-c1cccc(Br)c1. The fourth-order valence-electron chi connectivity index (χ4n) is 1.60. The summed E-state index contributed by atoms with van der Waals surface area (Å²) in [6, 6.07) is 5.88. The quantitative estimate of drug-likeness (QED) is 0.906. The molecular weight excluding hydrogens is 355 g/mol. The standard InChI is InChI=1S/C11H9BrF3N5O/c1-6(16-10(21)11(13,14)15)9-17-18-19-20(9)8-4-2-3-7(12)5-8/h2-6H,1H3,(H,16,21). The van der Waals surface area contributed by atoms with Crippen molar-refractivity contribution in [2.45, 2.75) is 19.1 Å². The molecule has 1 unspecified atom stereocenters. The summed E-state index contributed by atoms with van der Waals surface area (Å²) in [5.74, 6) is -1.95. The van der Waals surface area contributed by atoms with Gasteiger partial charge in [-0.25, -0.2) is 0 Å². The Bertz CT molecular complexity index is 657. The molecule has 0 bridgehead atoms. The third kappa shape index (κ3) is 3.57. The maximum absolute atomic E-state index is 12.3. The van der Waals surface area contributed by atoms with Crippen molar-refractivity contribution in [3.05, 3.63) is 34.6 Å². The van der Waals surface area contributed by atoms with Gasteiger partial charge in [-0.1, -0.05) is 22.0 Å². The summed E-state index contributed by atoms with van der Waals surface area (Å²) >= 11 is 3.28. The second-order valence-electron chi connectivity index (χ2n) is 4.12. The number of tetrazole rings is 1. The first kappa shape index (κ1) is 15.4. The highest BCUT2D eigenvalue weighted by molar-refractivity contribution is 9.10. The molecule has 21 heavy (non-hydrogen) atoms. The van der Waals surface area contributed by atoms with E-state index < -0.39 is 18.1 Å². The largest absolute Gasteiger partial charge is 0.471 e. The highest BCUT2D eigenvalue weighted by atomic mass is 79.9. The van der Waals surface area contributed by atoms with Crippen molar-refractivity contribution in [2.24, 2.45) is 0 Å². The van der Waals surface area contributed by atoms with Crippen LogP contribution in [0.25, 0.3) is 5.69 Å². The number of alkyl halides is 3. The highest BCUT2D eigenvalue weighted by Crippen LogP contribution is 2.20. The minimum Gasteiger partial charge on any atom is -0.338 e. The number of hydrogen-bond donors (Lipinski definition) is 1. The van der Waals surface area contributed by atoms with Gasteiger partial charge in [0.05, 0.1) is 11.7 Å². The predicted octanol–water partition coefficient (Wildman–Crippen LogP) is 2.16. The molecule has 6 nitrogen and oxygen atoms in total. The first-order valence-electron chi connectivity index (χ1n) is 5.71. The second-order valence-corrected chi connectivity index (χ2v) is 5.04. The number of amides is 1. The van der Waals surface area contributed by atoms with Gasteiger partial charge in [-0.15, -0.1) is 5.10 Å². The lowest BCUT2D eigenvalue weighted by atomic mass is 10.2. The average molecular weight is 364 g/mol. The lowest BCUT2D eigenvalue weighted by molar-refractivity contribution is -0.174. The van der Waals surface area contributed by atoms with Crippen molar-refractivity contribution in [1.29, 1.82) is 0 Å². The Morgan fingerprint density at radius 3 is 2.76 bits per heavy atom. The topological polar surface area (TPSA) is 72.7 Å². The van der Waals surface area contributed by atoms with E-state index in [4.69, 9.17) is 0 Å². The van der Waals surface area contributed by atoms with Crippen LogP contribution in [0.5, 0.6) is 0 Å². The van der Waals surface area contributed by atoms with E-state index in [1.807, 2.05) is 5.32 Å². The van der Waals surface area contributed by atoms with Crippen molar-refractivity contribution in [3.8, 4) is 5.69 Å². The number of carbonyl (C=O) groups excluding carboxylic acids is 1. The van der Waals surface area contributed by atoms with Gasteiger partial charge in [0.2, 0.25) is 0 Å². The van der Waals surface area contributed by atoms with Gasteiger partial charge in [-0.3, -0.25) is 4.79 Å². The highest BCUT2D eigenvalue weighted by Gasteiger charge is 2.39. The third-order valence-electron chi connectivity index (χ3n) is 2.54. The number of rotatable bonds is 3. The Balaban J connectivity index is 2.26. The molecule has 0 aliphatic carbocycles. The first-order chi connectivity index (χ1) is 9.79. The maximum atomic E-state index is 12.3. The van der Waals surface area contributed by atoms with Crippen molar-refractivity contribution in [3.63, 3.8) is 0 Å². The molecule has 0 aliphatic rings. The number of nitrogens with one attached hydrogen (secondary N) is 1. The number of nitrogens with zero attached hydrogens (tertiary/aromatic N) is 4. The normalized spacial score (nSPS) is 13.0. The zero-order chi connectivity index (χ0) is 15.6. The van der Waals surface area contributed by atoms with Crippen molar-refractivity contribution in [1.82, 2.24) is 25.5 Å². The van der Waals surface area contributed by atoms with Crippen LogP contribution in [0.2, 0.25) is 0 Å². The number of halogens is 4. The van der Waals surface area contributed by atoms with Crippen LogP contribution in [0, 0.1) is 0 Å². The molecule has 0 fully saturated rings. The summed E-state index contributed by atoms with van der Waals surface area (Å²) in [6.07, 6.45) is -4.96. The number of benzene rings is 1. The molecule has 1 amide bonds. The molecule has 1 N–H and O–H groups in total. The lowest BCUT2D eigenvalue weighted by Crippen LogP contribution is -2.39. The lowest BCUT2D eigenvalue weighted by Gasteiger charge is -2.14. The summed E-state index contributed by atoms with van der Waals surface area (Å²) in [4.78, 5) is 11.0. The number of carbonyl (C=O) groups is 1. The summed E-state index contributed by atoms with van der Waals surface area (Å²) in [7, 11) is 0. The Hall–Kier alpha value is -1.97. The van der Waals surface area contributed by atoms with E-state index in [1.165, 1.54) is 11.6 Å². The van der Waals surface area contributed by atoms with E-state index in [1.54, 1.807) is 24.3 Å². The molecule has 0 aliphatic heterocycles. The summed E-state index contributed by atoms with van der Waals surface area (Å²) in [5, 5.41) is 12.6. The van der Waals surface area contributed by atoms with E-state index in [9.17, 15) is 18.0 Å². The number of hydrogen-bond acceptors (Lipinski definition) is 4. The van der Waals surface area contributed by atoms with Gasteiger partial charge in [0.15, 0.2) is 5.82 Å². The zero-order valence-corrected chi connectivity index (χ0v) is 12.2. The van der Waals surface area contributed by atoms with Crippen molar-refractivity contribution in [2.75, 3.05) is 0 Å². The van der Waals surface area contributed by atoms with Gasteiger partial charge in [0, 0.05) is 4.47 Å². The van der Waals surface area contributed by atoms with Crippen LogP contribution in [0.4, 0.5) is 13.2 Å². The second kappa shape index (κ2) is 5.80. The minimum absolute atomic E-state index is 0.0886. The smallest absolute Gasteiger partial charge is 0.338 e. The van der Waals surface area contributed by atoms with E-state index in [2.05, 4.69) is 31.5 Å². The van der Waals surface area contributed by atoms with Crippen molar-refractivity contribution < 1.29 is 18.0 Å². The van der Waals surface area contributed by atoms with Crippen molar-refractivity contribution >= 4 is 21.8 Å². The van der Waals surface area contributed by atoms with Gasteiger partial charge in [0.1, 0.15) is 0 Å². The monoisotopic (exact) mass is 363 g/mol. The molecule has 112 valence electrons. The van der Waals surface area contributed by atoms with Gasteiger partial charge >= 0.3 is 12.1 Å². The van der Waals surface area contributed by atoms with E-state index in [0.29, 0.717) is 5.69 Å². The van der Waals surface area contributed by atoms with Crippen LogP contribution in [-0.2, 0) is 4.79 Å². The molecule has 10 heteroatoms. The molecule has 1 atom stereocenters. The van der Waals surface area contributed by atoms with Crippen LogP contribution in [-0.4, -0.2) is 32.3 Å². The summed E-state index contributed by atoms with van der Waals surface area (Å²) in [6.45, 7) is 1.36. The molecule has 1 heterocycles. The Labute approximate surface area is 125 Å². The molecule has 2 aromatic rings. The van der Waals surface area contributed by atoms with E-state index in [-0.39, 0.29) is 5.82 Å². The molecular formula is C11H9BrF3N5O. The zero-order valence-electron chi connectivity index (χ0n) is 10.6. The first-order valence-corrected chi connectivity index (χ1v) is 6.50. The fourth-order valence-corrected chi connectivity index (χ4v) is 1.99. The average Bonchev–Trinajstić information content (AvgIpc) is 2.86. The predicted molar refractivity (Wildman–Crippen MR) is 69.5 cm³/mol. The molecule has 0 radical (unpaired) electrons. The van der Waals surface area contributed by atoms with Gasteiger partial charge in [0.25, 0.3) is 0 Å². The van der Waals surface area contributed by atoms with E-state index >= 15 is 0 Å². The molecule has 0 saturated carbocycles. The van der Waals surface area contributed by atoms with Crippen LogP contribution in [0.15, 0.2) is 28.7 Å². The third-order valence-corrected chi connectivity index (χ3v) is 3.03. The summed E-state index contributed by atoms with van der Waals surface area (Å²) in [5.41, 5.74) is 0.553. The number of aromatic nitrogens is 4. The van der Waals surface area contributed by atoms with Gasteiger partial charge in [-0.05, 0) is 35.5 Å². The molecule has 0 spiro atoms. The molecule has 0 saturated heterocycles. The van der Waals surface area contributed by atoms with Crippen LogP contribution in [0.1, 0.15) is 18.8 Å². The summed E-state index contributed by atoms with van der Waals surface area (Å²) < 4.78 is 38.8. The maximum Gasteiger partial charge on any atom is 0.471 e. The molecule has 2 rings (SSSR count). The fraction of sp³-hybridized carbons (Fsp3) is 0.273. The Morgan fingerprint density at radius 1 is 1.43 bits per heavy atom. The van der Waals surface area contributed by atoms with Gasteiger partial charge < -0.3 is 5.32 Å². The van der Waals surface area contributed by atoms with Crippen LogP contribution in [0.3, 0.4) is 0 Å². The Kier molecular flexibility index (Phi) is 4.26. The van der Waals surface area contributed by atoms with Gasteiger partial charge in [-0.2, -0.15) is 17.9 Å².